The number of rotatable bonds is 6. The number of aromatic nitrogens is 2. The number of ether oxygens (including phenoxy) is 1. The Morgan fingerprint density at radius 2 is 1.97 bits per heavy atom. The number of anilines is 2. The zero-order valence-corrected chi connectivity index (χ0v) is 19.5. The van der Waals surface area contributed by atoms with Gasteiger partial charge in [0.1, 0.15) is 11.6 Å². The zero-order valence-electron chi connectivity index (χ0n) is 18.7. The van der Waals surface area contributed by atoms with Gasteiger partial charge in [0.2, 0.25) is 5.89 Å². The summed E-state index contributed by atoms with van der Waals surface area (Å²) in [6.07, 6.45) is 3.17. The predicted octanol–water partition coefficient (Wildman–Crippen LogP) is 3.82. The number of carbonyl (C=O) groups excluding carboxylic acids is 1. The predicted molar refractivity (Wildman–Crippen MR) is 121 cm³/mol. The van der Waals surface area contributed by atoms with Gasteiger partial charge < -0.3 is 9.26 Å². The Bertz CT molecular complexity index is 1380. The number of amides is 1. The van der Waals surface area contributed by atoms with Gasteiger partial charge in [-0.05, 0) is 62.1 Å². The molecule has 0 spiro atoms. The van der Waals surface area contributed by atoms with Crippen LogP contribution in [0.15, 0.2) is 39.8 Å². The smallest absolute Gasteiger partial charge is 0.265 e. The number of benzene rings is 2. The topological polar surface area (TPSA) is 115 Å². The second-order valence-corrected chi connectivity index (χ2v) is 10.2. The second kappa shape index (κ2) is 8.39. The van der Waals surface area contributed by atoms with Crippen LogP contribution in [-0.4, -0.2) is 31.1 Å². The highest BCUT2D eigenvalue weighted by atomic mass is 32.2. The van der Waals surface area contributed by atoms with E-state index in [1.54, 1.807) is 19.9 Å². The molecule has 34 heavy (non-hydrogen) atoms. The molecule has 0 bridgehead atoms. The fraction of sp³-hybridized carbons (Fsp3) is 0.348. The number of fused-ring (bicyclic) bond motifs is 1. The van der Waals surface area contributed by atoms with Crippen molar-refractivity contribution in [3.05, 3.63) is 59.0 Å². The van der Waals surface area contributed by atoms with Crippen LogP contribution in [-0.2, 0) is 21.4 Å². The van der Waals surface area contributed by atoms with E-state index in [1.165, 1.54) is 29.2 Å². The summed E-state index contributed by atoms with van der Waals surface area (Å²) >= 11 is 0. The van der Waals surface area contributed by atoms with Crippen LogP contribution in [0.2, 0.25) is 0 Å². The largest absolute Gasteiger partial charge is 0.482 e. The Kier molecular flexibility index (Phi) is 5.51. The molecule has 1 saturated carbocycles. The average Bonchev–Trinajstić information content (AvgIpc) is 3.18. The fourth-order valence-electron chi connectivity index (χ4n) is 4.03. The monoisotopic (exact) mass is 486 g/mol. The summed E-state index contributed by atoms with van der Waals surface area (Å²) in [6, 6.07) is 6.78. The molecule has 1 aromatic heterocycles. The number of nitrogens with one attached hydrogen (secondary N) is 1. The molecule has 1 amide bonds. The molecule has 1 N–H and O–H groups in total. The van der Waals surface area contributed by atoms with Crippen molar-refractivity contribution in [2.24, 2.45) is 0 Å². The average molecular weight is 487 g/mol. The fourth-order valence-corrected chi connectivity index (χ4v) is 5.40. The quantitative estimate of drug-likeness (QED) is 0.563. The van der Waals surface area contributed by atoms with Gasteiger partial charge in [0.05, 0.1) is 22.8 Å². The van der Waals surface area contributed by atoms with Crippen molar-refractivity contribution in [3.63, 3.8) is 0 Å². The molecule has 1 fully saturated rings. The SMILES string of the molecule is Cc1cc(F)ccc1NS(=O)(=O)c1cc2c(cc1C)N(Cc1noc(C3CCC3)n1)C(=O)CO2. The molecule has 0 atom stereocenters. The van der Waals surface area contributed by atoms with Gasteiger partial charge in [-0.3, -0.25) is 14.4 Å². The Hall–Kier alpha value is -3.47. The van der Waals surface area contributed by atoms with Crippen LogP contribution in [0.3, 0.4) is 0 Å². The van der Waals surface area contributed by atoms with Crippen molar-refractivity contribution in [1.29, 1.82) is 0 Å². The highest BCUT2D eigenvalue weighted by molar-refractivity contribution is 7.92. The van der Waals surface area contributed by atoms with Gasteiger partial charge >= 0.3 is 0 Å². The third-order valence-corrected chi connectivity index (χ3v) is 7.67. The highest BCUT2D eigenvalue weighted by Gasteiger charge is 2.31. The summed E-state index contributed by atoms with van der Waals surface area (Å²) < 4.78 is 53.0. The summed E-state index contributed by atoms with van der Waals surface area (Å²) in [6.45, 7) is 3.09. The summed E-state index contributed by atoms with van der Waals surface area (Å²) in [5.74, 6) is 0.751. The standard InChI is InChI=1S/C23H23FN4O5S/c1-13-8-16(24)6-7-17(13)27-34(30,31)20-10-19-18(9-14(20)2)28(22(29)12-32-19)11-21-25-23(33-26-21)15-4-3-5-15/h6-10,15,27H,3-5,11-12H2,1-2H3. The first-order valence-corrected chi connectivity index (χ1v) is 12.4. The lowest BCUT2D eigenvalue weighted by atomic mass is 9.85. The molecule has 9 nitrogen and oxygen atoms in total. The lowest BCUT2D eigenvalue weighted by molar-refractivity contribution is -0.121. The molecule has 2 heterocycles. The highest BCUT2D eigenvalue weighted by Crippen LogP contribution is 2.38. The molecule has 1 aliphatic carbocycles. The molecule has 0 unspecified atom stereocenters. The molecule has 2 aliphatic rings. The van der Waals surface area contributed by atoms with E-state index in [-0.39, 0.29) is 41.3 Å². The molecule has 1 aliphatic heterocycles. The van der Waals surface area contributed by atoms with E-state index in [2.05, 4.69) is 14.9 Å². The third kappa shape index (κ3) is 4.11. The van der Waals surface area contributed by atoms with Crippen LogP contribution in [0, 0.1) is 19.7 Å². The van der Waals surface area contributed by atoms with Crippen LogP contribution in [0.4, 0.5) is 15.8 Å². The molecule has 178 valence electrons. The lowest BCUT2D eigenvalue weighted by Gasteiger charge is -2.29. The lowest BCUT2D eigenvalue weighted by Crippen LogP contribution is -2.38. The summed E-state index contributed by atoms with van der Waals surface area (Å²) in [5.41, 5.74) is 1.57. The van der Waals surface area contributed by atoms with Gasteiger partial charge in [-0.25, -0.2) is 12.8 Å². The zero-order chi connectivity index (χ0) is 24.0. The number of hydrogen-bond acceptors (Lipinski definition) is 7. The minimum Gasteiger partial charge on any atom is -0.482 e. The van der Waals surface area contributed by atoms with E-state index in [1.807, 2.05) is 0 Å². The molecule has 11 heteroatoms. The number of sulfonamides is 1. The van der Waals surface area contributed by atoms with Crippen LogP contribution >= 0.6 is 0 Å². The van der Waals surface area contributed by atoms with Crippen molar-refractivity contribution < 1.29 is 26.9 Å². The minimum absolute atomic E-state index is 0.00361. The Morgan fingerprint density at radius 3 is 2.68 bits per heavy atom. The molecule has 0 radical (unpaired) electrons. The maximum atomic E-state index is 13.4. The van der Waals surface area contributed by atoms with E-state index in [0.29, 0.717) is 28.5 Å². The van der Waals surface area contributed by atoms with E-state index >= 15 is 0 Å². The number of aryl methyl sites for hydroxylation is 2. The Morgan fingerprint density at radius 1 is 1.18 bits per heavy atom. The van der Waals surface area contributed by atoms with Gasteiger partial charge in [-0.1, -0.05) is 11.6 Å². The molecule has 5 rings (SSSR count). The minimum atomic E-state index is -4.00. The summed E-state index contributed by atoms with van der Waals surface area (Å²) in [4.78, 5) is 18.5. The van der Waals surface area contributed by atoms with Crippen molar-refractivity contribution in [2.75, 3.05) is 16.2 Å². The maximum Gasteiger partial charge on any atom is 0.265 e. The van der Waals surface area contributed by atoms with E-state index in [0.717, 1.165) is 19.3 Å². The van der Waals surface area contributed by atoms with Gasteiger partial charge in [0.25, 0.3) is 15.9 Å². The molecular weight excluding hydrogens is 463 g/mol. The van der Waals surface area contributed by atoms with Crippen molar-refractivity contribution in [2.45, 2.75) is 50.5 Å². The van der Waals surface area contributed by atoms with Gasteiger partial charge in [-0.2, -0.15) is 4.98 Å². The van der Waals surface area contributed by atoms with E-state index < -0.39 is 15.8 Å². The molecule has 3 aromatic rings. The number of hydrogen-bond donors (Lipinski definition) is 1. The first-order valence-electron chi connectivity index (χ1n) is 10.9. The summed E-state index contributed by atoms with van der Waals surface area (Å²) in [7, 11) is -4.00. The van der Waals surface area contributed by atoms with Crippen LogP contribution in [0.5, 0.6) is 5.75 Å². The summed E-state index contributed by atoms with van der Waals surface area (Å²) in [5, 5.41) is 4.01. The van der Waals surface area contributed by atoms with Crippen LogP contribution in [0.1, 0.15) is 48.0 Å². The van der Waals surface area contributed by atoms with E-state index in [9.17, 15) is 17.6 Å². The van der Waals surface area contributed by atoms with Gasteiger partial charge in [0, 0.05) is 12.0 Å². The van der Waals surface area contributed by atoms with Crippen molar-refractivity contribution in [3.8, 4) is 5.75 Å². The van der Waals surface area contributed by atoms with Crippen LogP contribution in [0.25, 0.3) is 0 Å². The Labute approximate surface area is 196 Å². The van der Waals surface area contributed by atoms with Gasteiger partial charge in [0.15, 0.2) is 12.4 Å². The third-order valence-electron chi connectivity index (χ3n) is 6.16. The van der Waals surface area contributed by atoms with Crippen molar-refractivity contribution >= 4 is 27.3 Å². The normalized spacial score (nSPS) is 16.1. The number of carbonyl (C=O) groups is 1. The molecule has 2 aromatic carbocycles. The first-order chi connectivity index (χ1) is 16.2. The molecule has 0 saturated heterocycles. The first kappa shape index (κ1) is 22.3. The van der Waals surface area contributed by atoms with Crippen LogP contribution < -0.4 is 14.4 Å². The number of halogens is 1. The number of nitrogens with zero attached hydrogens (tertiary/aromatic N) is 3. The van der Waals surface area contributed by atoms with E-state index in [4.69, 9.17) is 9.26 Å². The van der Waals surface area contributed by atoms with Gasteiger partial charge in [-0.15, -0.1) is 0 Å². The van der Waals surface area contributed by atoms with Crippen molar-refractivity contribution in [1.82, 2.24) is 10.1 Å². The maximum absolute atomic E-state index is 13.4. The second-order valence-electron chi connectivity index (χ2n) is 8.60. The Balaban J connectivity index is 1.43. The molecular formula is C23H23FN4O5S.